The van der Waals surface area contributed by atoms with Crippen molar-refractivity contribution < 1.29 is 0 Å². The second kappa shape index (κ2) is 5.19. The van der Waals surface area contributed by atoms with E-state index in [4.69, 9.17) is 0 Å². The van der Waals surface area contributed by atoms with E-state index in [0.29, 0.717) is 0 Å². The highest BCUT2D eigenvalue weighted by atomic mass is 14.9. The van der Waals surface area contributed by atoms with Crippen LogP contribution in [0.5, 0.6) is 0 Å². The Hall–Kier alpha value is -0.860. The monoisotopic (exact) mass is 230 g/mol. The summed E-state index contributed by atoms with van der Waals surface area (Å²) in [6, 6.07) is 6.89. The van der Waals surface area contributed by atoms with Gasteiger partial charge in [0.15, 0.2) is 0 Å². The molecule has 0 spiro atoms. The van der Waals surface area contributed by atoms with Crippen LogP contribution in [0.4, 0.5) is 0 Å². The van der Waals surface area contributed by atoms with Gasteiger partial charge in [-0.25, -0.2) is 0 Å². The molecule has 2 heteroatoms. The van der Waals surface area contributed by atoms with Crippen molar-refractivity contribution in [3.8, 4) is 0 Å². The third kappa shape index (κ3) is 2.70. The lowest BCUT2D eigenvalue weighted by atomic mass is 9.83. The van der Waals surface area contributed by atoms with Crippen LogP contribution in [0.15, 0.2) is 18.2 Å². The molecular weight excluding hydrogens is 208 g/mol. The van der Waals surface area contributed by atoms with Crippen molar-refractivity contribution in [2.75, 3.05) is 6.54 Å². The lowest BCUT2D eigenvalue weighted by Gasteiger charge is -2.25. The zero-order chi connectivity index (χ0) is 11.5. The minimum Gasteiger partial charge on any atom is -0.313 e. The fraction of sp³-hybridized carbons (Fsp3) is 0.600. The molecule has 0 amide bonds. The highest BCUT2D eigenvalue weighted by Crippen LogP contribution is 2.28. The van der Waals surface area contributed by atoms with Crippen molar-refractivity contribution in [3.63, 3.8) is 0 Å². The van der Waals surface area contributed by atoms with Gasteiger partial charge < -0.3 is 10.6 Å². The van der Waals surface area contributed by atoms with Gasteiger partial charge in [0.2, 0.25) is 0 Å². The quantitative estimate of drug-likeness (QED) is 0.760. The molecule has 1 aromatic carbocycles. The molecule has 0 bridgehead atoms. The molecule has 2 N–H and O–H groups in total. The van der Waals surface area contributed by atoms with E-state index in [1.54, 1.807) is 0 Å². The summed E-state index contributed by atoms with van der Waals surface area (Å²) in [5, 5.41) is 6.96. The molecule has 92 valence electrons. The first-order valence-electron chi connectivity index (χ1n) is 6.94. The molecule has 0 radical (unpaired) electrons. The van der Waals surface area contributed by atoms with Crippen molar-refractivity contribution in [1.82, 2.24) is 10.6 Å². The normalized spacial score (nSPS) is 19.1. The predicted molar refractivity (Wildman–Crippen MR) is 70.7 cm³/mol. The molecule has 0 aromatic heterocycles. The van der Waals surface area contributed by atoms with Gasteiger partial charge in [0.05, 0.1) is 0 Å². The lowest BCUT2D eigenvalue weighted by Crippen LogP contribution is -2.21. The maximum absolute atomic E-state index is 3.57. The molecule has 1 saturated carbocycles. The van der Waals surface area contributed by atoms with Gasteiger partial charge >= 0.3 is 0 Å². The standard InChI is InChI=1S/C15H22N2/c1-2-12(3-1)6-7-16-9-13-4-5-14-10-17-11-15(14)8-13/h4-5,8,12,16-17H,1-3,6-7,9-11H2. The summed E-state index contributed by atoms with van der Waals surface area (Å²) >= 11 is 0. The first kappa shape index (κ1) is 11.2. The van der Waals surface area contributed by atoms with Crippen LogP contribution in [0, 0.1) is 5.92 Å². The highest BCUT2D eigenvalue weighted by molar-refractivity contribution is 5.34. The van der Waals surface area contributed by atoms with Gasteiger partial charge in [0.25, 0.3) is 0 Å². The smallest absolute Gasteiger partial charge is 0.0212 e. The molecule has 1 fully saturated rings. The Balaban J connectivity index is 1.44. The topological polar surface area (TPSA) is 24.1 Å². The number of hydrogen-bond acceptors (Lipinski definition) is 2. The van der Waals surface area contributed by atoms with Gasteiger partial charge in [-0.2, -0.15) is 0 Å². The van der Waals surface area contributed by atoms with Gasteiger partial charge in [-0.15, -0.1) is 0 Å². The van der Waals surface area contributed by atoms with Gasteiger partial charge in [-0.1, -0.05) is 37.5 Å². The van der Waals surface area contributed by atoms with Crippen molar-refractivity contribution in [3.05, 3.63) is 34.9 Å². The SMILES string of the molecule is c1cc2c(cc1CNCCC1CCC1)CNC2. The molecular formula is C15H22N2. The van der Waals surface area contributed by atoms with Crippen molar-refractivity contribution in [1.29, 1.82) is 0 Å². The van der Waals surface area contributed by atoms with Gasteiger partial charge in [-0.05, 0) is 35.6 Å². The fourth-order valence-corrected chi connectivity index (χ4v) is 2.78. The van der Waals surface area contributed by atoms with Crippen LogP contribution in [0.3, 0.4) is 0 Å². The molecule has 0 saturated heterocycles. The van der Waals surface area contributed by atoms with E-state index < -0.39 is 0 Å². The van der Waals surface area contributed by atoms with E-state index in [1.807, 2.05) is 0 Å². The van der Waals surface area contributed by atoms with Gasteiger partial charge in [-0.3, -0.25) is 0 Å². The molecule has 1 aromatic rings. The maximum atomic E-state index is 3.57. The van der Waals surface area contributed by atoms with Crippen molar-refractivity contribution >= 4 is 0 Å². The molecule has 0 atom stereocenters. The van der Waals surface area contributed by atoms with Crippen LogP contribution < -0.4 is 10.6 Å². The summed E-state index contributed by atoms with van der Waals surface area (Å²) in [6.07, 6.45) is 5.76. The molecule has 1 aliphatic heterocycles. The van der Waals surface area contributed by atoms with E-state index in [9.17, 15) is 0 Å². The van der Waals surface area contributed by atoms with Crippen LogP contribution in [0.2, 0.25) is 0 Å². The van der Waals surface area contributed by atoms with Crippen LogP contribution in [0.1, 0.15) is 42.4 Å². The zero-order valence-corrected chi connectivity index (χ0v) is 10.5. The average Bonchev–Trinajstić information content (AvgIpc) is 2.73. The Bertz CT molecular complexity index is 383. The average molecular weight is 230 g/mol. The van der Waals surface area contributed by atoms with Gasteiger partial charge in [0, 0.05) is 19.6 Å². The number of rotatable bonds is 5. The molecule has 0 unspecified atom stereocenters. The number of nitrogens with one attached hydrogen (secondary N) is 2. The van der Waals surface area contributed by atoms with Crippen molar-refractivity contribution in [2.45, 2.75) is 45.3 Å². The third-order valence-electron chi connectivity index (χ3n) is 4.18. The number of benzene rings is 1. The first-order chi connectivity index (χ1) is 8.42. The summed E-state index contributed by atoms with van der Waals surface area (Å²) in [5.74, 6) is 1.02. The Morgan fingerprint density at radius 2 is 2.06 bits per heavy atom. The molecule has 2 aliphatic rings. The van der Waals surface area contributed by atoms with E-state index >= 15 is 0 Å². The minimum absolute atomic E-state index is 1.02. The van der Waals surface area contributed by atoms with E-state index in [1.165, 1.54) is 48.9 Å². The predicted octanol–water partition coefficient (Wildman–Crippen LogP) is 2.57. The third-order valence-corrected chi connectivity index (χ3v) is 4.18. The van der Waals surface area contributed by atoms with E-state index in [-0.39, 0.29) is 0 Å². The molecule has 2 nitrogen and oxygen atoms in total. The maximum Gasteiger partial charge on any atom is 0.0212 e. The second-order valence-corrected chi connectivity index (χ2v) is 5.47. The van der Waals surface area contributed by atoms with Crippen LogP contribution in [-0.2, 0) is 19.6 Å². The Morgan fingerprint density at radius 1 is 1.18 bits per heavy atom. The largest absolute Gasteiger partial charge is 0.313 e. The lowest BCUT2D eigenvalue weighted by molar-refractivity contribution is 0.292. The molecule has 17 heavy (non-hydrogen) atoms. The summed E-state index contributed by atoms with van der Waals surface area (Å²) in [6.45, 7) is 4.30. The summed E-state index contributed by atoms with van der Waals surface area (Å²) in [4.78, 5) is 0. The molecule has 1 heterocycles. The van der Waals surface area contributed by atoms with Gasteiger partial charge in [0.1, 0.15) is 0 Å². The Labute approximate surface area is 104 Å². The number of fused-ring (bicyclic) bond motifs is 1. The van der Waals surface area contributed by atoms with Crippen LogP contribution in [0.25, 0.3) is 0 Å². The Kier molecular flexibility index (Phi) is 3.44. The number of hydrogen-bond donors (Lipinski definition) is 2. The van der Waals surface area contributed by atoms with Crippen molar-refractivity contribution in [2.24, 2.45) is 5.92 Å². The summed E-state index contributed by atoms with van der Waals surface area (Å²) in [7, 11) is 0. The van der Waals surface area contributed by atoms with Crippen LogP contribution >= 0.6 is 0 Å². The summed E-state index contributed by atoms with van der Waals surface area (Å²) < 4.78 is 0. The zero-order valence-electron chi connectivity index (χ0n) is 10.5. The summed E-state index contributed by atoms with van der Waals surface area (Å²) in [5.41, 5.74) is 4.40. The minimum atomic E-state index is 1.02. The highest BCUT2D eigenvalue weighted by Gasteiger charge is 2.16. The molecule has 1 aliphatic carbocycles. The van der Waals surface area contributed by atoms with E-state index in [2.05, 4.69) is 28.8 Å². The second-order valence-electron chi connectivity index (χ2n) is 5.47. The van der Waals surface area contributed by atoms with E-state index in [0.717, 1.165) is 25.6 Å². The first-order valence-corrected chi connectivity index (χ1v) is 6.94. The van der Waals surface area contributed by atoms with Crippen LogP contribution in [-0.4, -0.2) is 6.54 Å². The molecule has 3 rings (SSSR count). The fourth-order valence-electron chi connectivity index (χ4n) is 2.78. The Morgan fingerprint density at radius 3 is 2.88 bits per heavy atom.